The van der Waals surface area contributed by atoms with E-state index in [0.717, 1.165) is 0 Å². The van der Waals surface area contributed by atoms with Crippen LogP contribution in [-0.4, -0.2) is 7.05 Å². The predicted molar refractivity (Wildman–Crippen MR) is 88.8 cm³/mol. The lowest BCUT2D eigenvalue weighted by Gasteiger charge is -2.18. The highest BCUT2D eigenvalue weighted by atomic mass is 79.9. The molecule has 0 aliphatic rings. The Labute approximate surface area is 128 Å². The number of aryl methyl sites for hydroxylation is 1. The van der Waals surface area contributed by atoms with Crippen molar-refractivity contribution >= 4 is 27.3 Å². The fourth-order valence-corrected chi connectivity index (χ4v) is 4.46. The van der Waals surface area contributed by atoms with Gasteiger partial charge < -0.3 is 5.32 Å². The van der Waals surface area contributed by atoms with Crippen LogP contribution in [0.3, 0.4) is 0 Å². The van der Waals surface area contributed by atoms with E-state index < -0.39 is 0 Å². The largest absolute Gasteiger partial charge is 0.312 e. The number of halogens is 1. The molecule has 1 aromatic carbocycles. The first-order chi connectivity index (χ1) is 9.02. The molecule has 1 nitrogen and oxygen atoms in total. The highest BCUT2D eigenvalue weighted by Gasteiger charge is 2.16. The van der Waals surface area contributed by atoms with Gasteiger partial charge in [-0.3, -0.25) is 0 Å². The second-order valence-electron chi connectivity index (χ2n) is 5.20. The number of hydrogen-bond acceptors (Lipinski definition) is 2. The van der Waals surface area contributed by atoms with Gasteiger partial charge >= 0.3 is 0 Å². The van der Waals surface area contributed by atoms with Crippen LogP contribution in [0.2, 0.25) is 0 Å². The highest BCUT2D eigenvalue weighted by molar-refractivity contribution is 9.10. The normalized spacial score (nSPS) is 12.9. The molecule has 1 aromatic heterocycles. The monoisotopic (exact) mass is 337 g/mol. The maximum Gasteiger partial charge on any atom is 0.0435 e. The fourth-order valence-electron chi connectivity index (χ4n) is 2.29. The zero-order valence-corrected chi connectivity index (χ0v) is 14.2. The Hall–Kier alpha value is -0.640. The maximum absolute atomic E-state index is 3.67. The van der Waals surface area contributed by atoms with Crippen molar-refractivity contribution in [3.8, 4) is 10.4 Å². The van der Waals surface area contributed by atoms with Crippen molar-refractivity contribution in [2.45, 2.75) is 26.8 Å². The minimum atomic E-state index is 0.433. The van der Waals surface area contributed by atoms with Crippen molar-refractivity contribution in [3.63, 3.8) is 0 Å². The summed E-state index contributed by atoms with van der Waals surface area (Å²) in [5, 5.41) is 3.41. The Kier molecular flexibility index (Phi) is 4.82. The highest BCUT2D eigenvalue weighted by Crippen LogP contribution is 2.37. The van der Waals surface area contributed by atoms with E-state index in [1.165, 1.54) is 25.4 Å². The van der Waals surface area contributed by atoms with Crippen LogP contribution in [0.4, 0.5) is 0 Å². The van der Waals surface area contributed by atoms with Gasteiger partial charge in [0.05, 0.1) is 0 Å². The summed E-state index contributed by atoms with van der Waals surface area (Å²) in [7, 11) is 2.03. The lowest BCUT2D eigenvalue weighted by atomic mass is 10.0. The first-order valence-electron chi connectivity index (χ1n) is 6.56. The lowest BCUT2D eigenvalue weighted by molar-refractivity contribution is 0.449. The summed E-state index contributed by atoms with van der Waals surface area (Å²) < 4.78 is 1.17. The van der Waals surface area contributed by atoms with Gasteiger partial charge in [-0.1, -0.05) is 41.9 Å². The van der Waals surface area contributed by atoms with Crippen molar-refractivity contribution in [3.05, 3.63) is 45.2 Å². The van der Waals surface area contributed by atoms with Crippen molar-refractivity contribution < 1.29 is 0 Å². The Morgan fingerprint density at radius 3 is 2.47 bits per heavy atom. The molecule has 0 bridgehead atoms. The summed E-state index contributed by atoms with van der Waals surface area (Å²) in [5.41, 5.74) is 2.56. The molecule has 0 spiro atoms. The molecule has 1 heterocycles. The van der Waals surface area contributed by atoms with Crippen LogP contribution in [0.15, 0.2) is 34.8 Å². The molecule has 0 fully saturated rings. The number of benzene rings is 1. The van der Waals surface area contributed by atoms with Gasteiger partial charge in [0.25, 0.3) is 0 Å². The van der Waals surface area contributed by atoms with E-state index in [4.69, 9.17) is 0 Å². The van der Waals surface area contributed by atoms with Crippen LogP contribution in [0.5, 0.6) is 0 Å². The predicted octanol–water partition coefficient (Wildman–Crippen LogP) is 5.40. The van der Waals surface area contributed by atoms with Crippen molar-refractivity contribution in [1.29, 1.82) is 0 Å². The zero-order chi connectivity index (χ0) is 14.0. The quantitative estimate of drug-likeness (QED) is 0.787. The second-order valence-corrected chi connectivity index (χ2v) is 7.17. The Morgan fingerprint density at radius 1 is 1.16 bits per heavy atom. The smallest absolute Gasteiger partial charge is 0.0435 e. The molecule has 0 aliphatic heterocycles. The number of hydrogen-bond donors (Lipinski definition) is 1. The van der Waals surface area contributed by atoms with Gasteiger partial charge in [-0.2, -0.15) is 0 Å². The molecule has 0 amide bonds. The van der Waals surface area contributed by atoms with E-state index in [1.807, 2.05) is 18.4 Å². The van der Waals surface area contributed by atoms with Gasteiger partial charge in [-0.15, -0.1) is 11.3 Å². The van der Waals surface area contributed by atoms with Crippen LogP contribution in [0.1, 0.15) is 30.3 Å². The topological polar surface area (TPSA) is 12.0 Å². The molecule has 0 radical (unpaired) electrons. The third-order valence-corrected chi connectivity index (χ3v) is 5.16. The van der Waals surface area contributed by atoms with E-state index in [9.17, 15) is 0 Å². The van der Waals surface area contributed by atoms with Crippen molar-refractivity contribution in [2.24, 2.45) is 5.92 Å². The molecule has 1 N–H and O–H groups in total. The first kappa shape index (κ1) is 14.8. The molecule has 0 saturated carbocycles. The van der Waals surface area contributed by atoms with Crippen molar-refractivity contribution in [1.82, 2.24) is 5.32 Å². The minimum Gasteiger partial charge on any atom is -0.312 e. The van der Waals surface area contributed by atoms with Gasteiger partial charge in [-0.25, -0.2) is 0 Å². The summed E-state index contributed by atoms with van der Waals surface area (Å²) in [5.74, 6) is 0.595. The van der Waals surface area contributed by atoms with Gasteiger partial charge in [-0.05, 0) is 43.7 Å². The van der Waals surface area contributed by atoms with E-state index in [2.05, 4.69) is 72.3 Å². The SMILES string of the molecule is CNC(c1ccc(-c2ccc(C)cc2Br)s1)C(C)C. The Bertz CT molecular complexity index is 560. The zero-order valence-electron chi connectivity index (χ0n) is 11.8. The molecule has 3 heteroatoms. The van der Waals surface area contributed by atoms with Crippen molar-refractivity contribution in [2.75, 3.05) is 7.05 Å². The number of rotatable bonds is 4. The average molecular weight is 338 g/mol. The second kappa shape index (κ2) is 6.21. The fraction of sp³-hybridized carbons (Fsp3) is 0.375. The van der Waals surface area contributed by atoms with E-state index >= 15 is 0 Å². The van der Waals surface area contributed by atoms with Gasteiger partial charge in [0.15, 0.2) is 0 Å². The molecule has 19 heavy (non-hydrogen) atoms. The summed E-state index contributed by atoms with van der Waals surface area (Å²) in [6.45, 7) is 6.62. The maximum atomic E-state index is 3.67. The summed E-state index contributed by atoms with van der Waals surface area (Å²) in [4.78, 5) is 2.72. The van der Waals surface area contributed by atoms with Crippen LogP contribution in [0, 0.1) is 12.8 Å². The van der Waals surface area contributed by atoms with Gasteiger partial charge in [0.1, 0.15) is 0 Å². The molecular formula is C16H20BrNS. The minimum absolute atomic E-state index is 0.433. The number of thiophene rings is 1. The molecule has 2 rings (SSSR count). The Morgan fingerprint density at radius 2 is 1.89 bits per heavy atom. The third kappa shape index (κ3) is 3.28. The molecule has 0 aliphatic carbocycles. The Balaban J connectivity index is 2.35. The molecule has 102 valence electrons. The van der Waals surface area contributed by atoms with Gasteiger partial charge in [0, 0.05) is 25.8 Å². The average Bonchev–Trinajstić information content (AvgIpc) is 2.78. The first-order valence-corrected chi connectivity index (χ1v) is 8.17. The molecule has 2 aromatic rings. The third-order valence-electron chi connectivity index (χ3n) is 3.30. The van der Waals surface area contributed by atoms with Crippen LogP contribution < -0.4 is 5.32 Å². The van der Waals surface area contributed by atoms with E-state index in [1.54, 1.807) is 0 Å². The number of nitrogens with one attached hydrogen (secondary N) is 1. The van der Waals surface area contributed by atoms with E-state index in [0.29, 0.717) is 12.0 Å². The lowest BCUT2D eigenvalue weighted by Crippen LogP contribution is -2.20. The molecular weight excluding hydrogens is 318 g/mol. The molecule has 0 saturated heterocycles. The standard InChI is InChI=1S/C16H20BrNS/c1-10(2)16(18-4)15-8-7-14(19-15)12-6-5-11(3)9-13(12)17/h5-10,16,18H,1-4H3. The van der Waals surface area contributed by atoms with Crippen LogP contribution in [-0.2, 0) is 0 Å². The van der Waals surface area contributed by atoms with Crippen LogP contribution >= 0.6 is 27.3 Å². The van der Waals surface area contributed by atoms with E-state index in [-0.39, 0.29) is 0 Å². The van der Waals surface area contributed by atoms with Crippen LogP contribution in [0.25, 0.3) is 10.4 Å². The summed E-state index contributed by atoms with van der Waals surface area (Å²) in [6.07, 6.45) is 0. The molecule has 1 atom stereocenters. The molecule has 1 unspecified atom stereocenters. The summed E-state index contributed by atoms with van der Waals surface area (Å²) >= 11 is 5.54. The summed E-state index contributed by atoms with van der Waals surface area (Å²) in [6, 6.07) is 11.4. The van der Waals surface area contributed by atoms with Gasteiger partial charge in [0.2, 0.25) is 0 Å².